The van der Waals surface area contributed by atoms with Gasteiger partial charge in [-0.15, -0.1) is 0 Å². The molecule has 2 aromatic rings. The number of halogens is 3. The van der Waals surface area contributed by atoms with E-state index < -0.39 is 107 Å². The Balaban J connectivity index is 2.17. The van der Waals surface area contributed by atoms with Crippen LogP contribution < -0.4 is 10.6 Å². The zero-order valence-electron chi connectivity index (χ0n) is 33.6. The molecule has 6 atom stereocenters. The van der Waals surface area contributed by atoms with Crippen molar-refractivity contribution in [3.05, 3.63) is 95.6 Å². The van der Waals surface area contributed by atoms with E-state index in [4.69, 9.17) is 37.3 Å². The number of rotatable bonds is 21. The maximum absolute atomic E-state index is 14.5. The van der Waals surface area contributed by atoms with Gasteiger partial charge in [-0.3, -0.25) is 28.5 Å². The van der Waals surface area contributed by atoms with Gasteiger partial charge in [0.1, 0.15) is 25.4 Å². The highest BCUT2D eigenvalue weighted by Gasteiger charge is 2.58. The molecule has 0 spiro atoms. The fourth-order valence-electron chi connectivity index (χ4n) is 5.49. The Morgan fingerprint density at radius 2 is 1.52 bits per heavy atom. The summed E-state index contributed by atoms with van der Waals surface area (Å²) in [5.41, 5.74) is 1.95. The summed E-state index contributed by atoms with van der Waals surface area (Å²) in [6.07, 6.45) is -5.79. The van der Waals surface area contributed by atoms with Crippen LogP contribution in [0.3, 0.4) is 0 Å². The lowest BCUT2D eigenvalue weighted by molar-refractivity contribution is -0.277. The van der Waals surface area contributed by atoms with Gasteiger partial charge in [0, 0.05) is 27.2 Å². The van der Waals surface area contributed by atoms with E-state index in [9.17, 15) is 41.9 Å². The summed E-state index contributed by atoms with van der Waals surface area (Å²) in [6, 6.07) is 15.8. The quantitative estimate of drug-likeness (QED) is 0.0719. The summed E-state index contributed by atoms with van der Waals surface area (Å²) in [4.78, 5) is 75.9. The standard InChI is InChI=1S/C40H48F3N2O14P/c1-6-7-14-26(2)22-54-60(55-24-31-17-12-9-13-18-31)59-39(38(51)53-23-30-15-10-8-11-16-30)20-34(57-29(5)48)36(45-35(49)21-44-37(50)40(41,42)43)33(58-39)19-32(56-28(4)47)25-52-27(3)46/h6-18,32-34,36H,19-25H2,1-5H3,(H,44,50)(H,45,49)/b7-6-,26-14+/t32?,33?,34-,36?,39?,60?/m1/s1. The topological polar surface area (TPSA) is 200 Å². The number of ether oxygens (including phenoxy) is 5. The maximum Gasteiger partial charge on any atom is 0.471 e. The molecule has 328 valence electrons. The van der Waals surface area contributed by atoms with Crippen molar-refractivity contribution < 1.29 is 79.2 Å². The Morgan fingerprint density at radius 1 is 0.883 bits per heavy atom. The van der Waals surface area contributed by atoms with Crippen LogP contribution in [0.5, 0.6) is 0 Å². The Kier molecular flexibility index (Phi) is 19.8. The number of esters is 4. The number of hydrogen-bond acceptors (Lipinski definition) is 14. The Morgan fingerprint density at radius 3 is 2.08 bits per heavy atom. The third-order valence-corrected chi connectivity index (χ3v) is 9.24. The minimum Gasteiger partial charge on any atom is -0.462 e. The monoisotopic (exact) mass is 868 g/mol. The number of amides is 2. The molecule has 0 aliphatic carbocycles. The van der Waals surface area contributed by atoms with E-state index in [0.717, 1.165) is 20.8 Å². The van der Waals surface area contributed by atoms with Crippen LogP contribution in [0.15, 0.2) is 84.5 Å². The molecule has 1 heterocycles. The molecule has 1 aliphatic rings. The SMILES string of the molecule is C/C=C\C=C(/C)COP(OCc1ccccc1)OC1(C(=O)OCc2ccccc2)C[C@@H](OC(C)=O)C(NC(=O)CNC(=O)C(F)(F)F)C(CC(COC(C)=O)OC(C)=O)O1. The molecule has 1 fully saturated rings. The second-order valence-corrected chi connectivity index (χ2v) is 14.4. The molecule has 60 heavy (non-hydrogen) atoms. The molecular weight excluding hydrogens is 820 g/mol. The summed E-state index contributed by atoms with van der Waals surface area (Å²) in [6.45, 7) is 4.52. The first-order valence-corrected chi connectivity index (χ1v) is 19.6. The van der Waals surface area contributed by atoms with E-state index in [1.54, 1.807) is 85.8 Å². The van der Waals surface area contributed by atoms with Crippen molar-refractivity contribution in [2.45, 2.75) is 97.0 Å². The van der Waals surface area contributed by atoms with Crippen LogP contribution in [0.4, 0.5) is 13.2 Å². The average molecular weight is 869 g/mol. The molecule has 1 saturated heterocycles. The van der Waals surface area contributed by atoms with Crippen molar-refractivity contribution in [1.82, 2.24) is 10.6 Å². The minimum atomic E-state index is -5.31. The van der Waals surface area contributed by atoms with E-state index in [1.165, 1.54) is 5.32 Å². The number of carbonyl (C=O) groups is 6. The van der Waals surface area contributed by atoms with Gasteiger partial charge >= 0.3 is 44.6 Å². The molecule has 0 aromatic heterocycles. The van der Waals surface area contributed by atoms with E-state index >= 15 is 0 Å². The largest absolute Gasteiger partial charge is 0.471 e. The first-order chi connectivity index (χ1) is 28.4. The molecule has 2 amide bonds. The zero-order chi connectivity index (χ0) is 44.3. The van der Waals surface area contributed by atoms with E-state index in [0.29, 0.717) is 16.7 Å². The predicted molar refractivity (Wildman–Crippen MR) is 206 cm³/mol. The number of benzene rings is 2. The first-order valence-electron chi connectivity index (χ1n) is 18.5. The highest BCUT2D eigenvalue weighted by Crippen LogP contribution is 2.50. The fourth-order valence-corrected chi connectivity index (χ4v) is 6.67. The number of allylic oxidation sites excluding steroid dienone is 3. The van der Waals surface area contributed by atoms with Crippen molar-refractivity contribution in [1.29, 1.82) is 0 Å². The van der Waals surface area contributed by atoms with Crippen LogP contribution in [0.2, 0.25) is 0 Å². The van der Waals surface area contributed by atoms with Crippen LogP contribution >= 0.6 is 8.60 Å². The van der Waals surface area contributed by atoms with Crippen molar-refractivity contribution in [3.8, 4) is 0 Å². The van der Waals surface area contributed by atoms with Crippen LogP contribution in [0, 0.1) is 0 Å². The van der Waals surface area contributed by atoms with Crippen LogP contribution in [0.25, 0.3) is 0 Å². The molecule has 1 aliphatic heterocycles. The molecule has 0 radical (unpaired) electrons. The number of nitrogens with one attached hydrogen (secondary N) is 2. The predicted octanol–water partition coefficient (Wildman–Crippen LogP) is 5.19. The average Bonchev–Trinajstić information content (AvgIpc) is 3.19. The Hall–Kier alpha value is -5.20. The minimum absolute atomic E-state index is 0.0734. The number of hydrogen-bond donors (Lipinski definition) is 2. The summed E-state index contributed by atoms with van der Waals surface area (Å²) in [5.74, 6) is -9.93. The zero-order valence-corrected chi connectivity index (χ0v) is 34.5. The molecular formula is C40H48F3N2O14P. The first kappa shape index (κ1) is 49.2. The van der Waals surface area contributed by atoms with Crippen LogP contribution in [0.1, 0.15) is 58.6 Å². The van der Waals surface area contributed by atoms with Gasteiger partial charge in [0.25, 0.3) is 5.79 Å². The molecule has 20 heteroatoms. The highest BCUT2D eigenvalue weighted by molar-refractivity contribution is 7.41. The third kappa shape index (κ3) is 17.2. The van der Waals surface area contributed by atoms with Gasteiger partial charge in [-0.25, -0.2) is 4.79 Å². The molecule has 5 unspecified atom stereocenters. The third-order valence-electron chi connectivity index (χ3n) is 8.12. The molecule has 0 bridgehead atoms. The van der Waals surface area contributed by atoms with Gasteiger partial charge in [0.15, 0.2) is 0 Å². The molecule has 2 N–H and O–H groups in total. The number of alkyl halides is 3. The summed E-state index contributed by atoms with van der Waals surface area (Å²) >= 11 is 0. The van der Waals surface area contributed by atoms with Crippen molar-refractivity contribution in [2.75, 3.05) is 19.8 Å². The lowest BCUT2D eigenvalue weighted by Gasteiger charge is -2.47. The Bertz CT molecular complexity index is 1820. The highest BCUT2D eigenvalue weighted by atomic mass is 31.2. The smallest absolute Gasteiger partial charge is 0.462 e. The summed E-state index contributed by atoms with van der Waals surface area (Å²) in [7, 11) is -2.59. The van der Waals surface area contributed by atoms with Crippen molar-refractivity contribution >= 4 is 44.3 Å². The van der Waals surface area contributed by atoms with Gasteiger partial charge < -0.3 is 43.4 Å². The summed E-state index contributed by atoms with van der Waals surface area (Å²) in [5, 5.41) is 3.85. The van der Waals surface area contributed by atoms with Crippen LogP contribution in [-0.4, -0.2) is 91.8 Å². The molecule has 0 saturated carbocycles. The Labute approximate surface area is 346 Å². The van der Waals surface area contributed by atoms with Crippen molar-refractivity contribution in [2.24, 2.45) is 0 Å². The van der Waals surface area contributed by atoms with Gasteiger partial charge in [0.05, 0.1) is 38.3 Å². The number of carbonyl (C=O) groups excluding carboxylic acids is 6. The normalized spacial score (nSPS) is 20.3. The summed E-state index contributed by atoms with van der Waals surface area (Å²) < 4.78 is 85.7. The van der Waals surface area contributed by atoms with Gasteiger partial charge in [-0.2, -0.15) is 13.2 Å². The van der Waals surface area contributed by atoms with E-state index in [-0.39, 0.29) is 19.8 Å². The lowest BCUT2D eigenvalue weighted by atomic mass is 9.89. The second-order valence-electron chi connectivity index (χ2n) is 13.3. The van der Waals surface area contributed by atoms with Gasteiger partial charge in [-0.1, -0.05) is 78.9 Å². The second kappa shape index (κ2) is 24.2. The molecule has 3 rings (SSSR count). The lowest BCUT2D eigenvalue weighted by Crippen LogP contribution is -2.65. The maximum atomic E-state index is 14.5. The van der Waals surface area contributed by atoms with E-state index in [1.807, 2.05) is 6.92 Å². The van der Waals surface area contributed by atoms with Gasteiger partial charge in [0.2, 0.25) is 5.91 Å². The fraction of sp³-hybridized carbons (Fsp3) is 0.450. The van der Waals surface area contributed by atoms with Gasteiger partial charge in [-0.05, 0) is 30.5 Å². The van der Waals surface area contributed by atoms with E-state index in [2.05, 4.69) is 5.32 Å². The van der Waals surface area contributed by atoms with Crippen LogP contribution in [-0.2, 0) is 79.2 Å². The molecule has 16 nitrogen and oxygen atoms in total. The molecule has 2 aromatic carbocycles. The van der Waals surface area contributed by atoms with Crippen molar-refractivity contribution in [3.63, 3.8) is 0 Å².